The number of carbonyl (C=O) groups excluding carboxylic acids is 1. The molecule has 0 amide bonds. The minimum atomic E-state index is -4.68. The molecular formula is C15H8ClF3N2O. The molecule has 3 rings (SSSR count). The summed E-state index contributed by atoms with van der Waals surface area (Å²) < 4.78 is 39.3. The Bertz CT molecular complexity index is 871. The number of aromatic nitrogens is 2. The molecule has 0 bridgehead atoms. The Morgan fingerprint density at radius 2 is 1.82 bits per heavy atom. The van der Waals surface area contributed by atoms with Gasteiger partial charge in [0.25, 0.3) is 0 Å². The number of rotatable bonds is 2. The van der Waals surface area contributed by atoms with Crippen molar-refractivity contribution in [2.24, 2.45) is 0 Å². The van der Waals surface area contributed by atoms with Gasteiger partial charge in [0.15, 0.2) is 0 Å². The molecule has 0 radical (unpaired) electrons. The number of carbonyl (C=O) groups is 1. The fourth-order valence-electron chi connectivity index (χ4n) is 2.25. The summed E-state index contributed by atoms with van der Waals surface area (Å²) in [5.74, 6) is -0.865. The Morgan fingerprint density at radius 3 is 2.55 bits per heavy atom. The second-order valence-electron chi connectivity index (χ2n) is 4.61. The predicted molar refractivity (Wildman–Crippen MR) is 76.0 cm³/mol. The summed E-state index contributed by atoms with van der Waals surface area (Å²) in [5.41, 5.74) is -1.19. The molecule has 0 unspecified atom stereocenters. The lowest BCUT2D eigenvalue weighted by molar-refractivity contribution is -0.137. The maximum absolute atomic E-state index is 13.1. The number of nitrogens with one attached hydrogen (secondary N) is 1. The molecule has 0 aliphatic carbocycles. The molecule has 0 aliphatic heterocycles. The molecular weight excluding hydrogens is 317 g/mol. The van der Waals surface area contributed by atoms with Crippen LogP contribution in [0.4, 0.5) is 13.2 Å². The number of ketones is 1. The van der Waals surface area contributed by atoms with E-state index in [0.717, 1.165) is 12.1 Å². The summed E-state index contributed by atoms with van der Waals surface area (Å²) in [7, 11) is 0. The largest absolute Gasteiger partial charge is 0.417 e. The van der Waals surface area contributed by atoms with Crippen molar-refractivity contribution in [1.29, 1.82) is 0 Å². The Morgan fingerprint density at radius 1 is 1.09 bits per heavy atom. The Balaban J connectivity index is 2.22. The lowest BCUT2D eigenvalue weighted by Crippen LogP contribution is -2.15. The van der Waals surface area contributed by atoms with Crippen LogP contribution in [0.2, 0.25) is 5.02 Å². The normalized spacial score (nSPS) is 11.8. The molecule has 7 heteroatoms. The number of para-hydroxylation sites is 1. The van der Waals surface area contributed by atoms with Gasteiger partial charge in [0.1, 0.15) is 5.69 Å². The highest BCUT2D eigenvalue weighted by molar-refractivity contribution is 6.35. The minimum Gasteiger partial charge on any atom is -0.287 e. The maximum Gasteiger partial charge on any atom is 0.417 e. The molecule has 0 saturated carbocycles. The zero-order valence-electron chi connectivity index (χ0n) is 10.9. The van der Waals surface area contributed by atoms with Crippen LogP contribution in [0.3, 0.4) is 0 Å². The number of hydrogen-bond donors (Lipinski definition) is 1. The average Bonchev–Trinajstić information content (AvgIpc) is 2.89. The third-order valence-electron chi connectivity index (χ3n) is 3.23. The van der Waals surface area contributed by atoms with Gasteiger partial charge < -0.3 is 0 Å². The highest BCUT2D eigenvalue weighted by Crippen LogP contribution is 2.36. The van der Waals surface area contributed by atoms with Crippen LogP contribution in [0.5, 0.6) is 0 Å². The van der Waals surface area contributed by atoms with Gasteiger partial charge in [0, 0.05) is 5.39 Å². The van der Waals surface area contributed by atoms with Gasteiger partial charge in [-0.25, -0.2) is 0 Å². The molecule has 112 valence electrons. The van der Waals surface area contributed by atoms with Gasteiger partial charge in [-0.2, -0.15) is 18.3 Å². The molecule has 1 heterocycles. The second kappa shape index (κ2) is 5.14. The van der Waals surface area contributed by atoms with Gasteiger partial charge in [-0.1, -0.05) is 35.9 Å². The molecule has 0 aliphatic rings. The first-order valence-electron chi connectivity index (χ1n) is 6.23. The molecule has 0 atom stereocenters. The standard InChI is InChI=1S/C15H8ClF3N2O/c16-10-6-3-5-9(15(17,18)19)12(10)14(22)13-8-4-1-2-7-11(8)20-21-13/h1-7H,(H,20,21). The quantitative estimate of drug-likeness (QED) is 0.707. The first-order chi connectivity index (χ1) is 10.4. The van der Waals surface area contributed by atoms with E-state index in [1.807, 2.05) is 0 Å². The number of halogens is 4. The monoisotopic (exact) mass is 324 g/mol. The number of aromatic amines is 1. The molecule has 3 nitrogen and oxygen atoms in total. The van der Waals surface area contributed by atoms with Crippen LogP contribution in [0, 0.1) is 0 Å². The number of benzene rings is 2. The number of nitrogens with zero attached hydrogens (tertiary/aromatic N) is 1. The highest BCUT2D eigenvalue weighted by Gasteiger charge is 2.37. The van der Waals surface area contributed by atoms with Crippen LogP contribution >= 0.6 is 11.6 Å². The van der Waals surface area contributed by atoms with E-state index in [2.05, 4.69) is 10.2 Å². The van der Waals surface area contributed by atoms with Gasteiger partial charge in [-0.15, -0.1) is 0 Å². The van der Waals surface area contributed by atoms with Gasteiger partial charge >= 0.3 is 6.18 Å². The summed E-state index contributed by atoms with van der Waals surface area (Å²) in [6.45, 7) is 0. The van der Waals surface area contributed by atoms with Crippen LogP contribution < -0.4 is 0 Å². The van der Waals surface area contributed by atoms with Gasteiger partial charge in [-0.05, 0) is 18.2 Å². The zero-order chi connectivity index (χ0) is 15.9. The first kappa shape index (κ1) is 14.6. The van der Waals surface area contributed by atoms with E-state index in [1.165, 1.54) is 6.07 Å². The van der Waals surface area contributed by atoms with Crippen molar-refractivity contribution >= 4 is 28.3 Å². The van der Waals surface area contributed by atoms with E-state index >= 15 is 0 Å². The van der Waals surface area contributed by atoms with Crippen molar-refractivity contribution in [3.8, 4) is 0 Å². The fraction of sp³-hybridized carbons (Fsp3) is 0.0667. The van der Waals surface area contributed by atoms with E-state index in [9.17, 15) is 18.0 Å². The van der Waals surface area contributed by atoms with Crippen molar-refractivity contribution in [3.05, 3.63) is 64.3 Å². The van der Waals surface area contributed by atoms with E-state index in [4.69, 9.17) is 11.6 Å². The van der Waals surface area contributed by atoms with Crippen LogP contribution in [0.15, 0.2) is 42.5 Å². The Hall–Kier alpha value is -2.34. The topological polar surface area (TPSA) is 45.8 Å². The third-order valence-corrected chi connectivity index (χ3v) is 3.55. The summed E-state index contributed by atoms with van der Waals surface area (Å²) in [5, 5.41) is 6.64. The Labute approximate surface area is 127 Å². The van der Waals surface area contributed by atoms with Crippen LogP contribution in [0.1, 0.15) is 21.6 Å². The second-order valence-corrected chi connectivity index (χ2v) is 5.01. The van der Waals surface area contributed by atoms with E-state index in [-0.39, 0.29) is 10.7 Å². The van der Waals surface area contributed by atoms with E-state index < -0.39 is 23.1 Å². The third kappa shape index (κ3) is 2.35. The summed E-state index contributed by atoms with van der Waals surface area (Å²) in [6, 6.07) is 9.92. The van der Waals surface area contributed by atoms with Crippen molar-refractivity contribution in [1.82, 2.24) is 10.2 Å². The lowest BCUT2D eigenvalue weighted by Gasteiger charge is -2.12. The van der Waals surface area contributed by atoms with Gasteiger partial charge in [0.2, 0.25) is 5.78 Å². The van der Waals surface area contributed by atoms with Crippen molar-refractivity contribution in [2.45, 2.75) is 6.18 Å². The summed E-state index contributed by atoms with van der Waals surface area (Å²) in [4.78, 5) is 12.5. The molecule has 0 saturated heterocycles. The predicted octanol–water partition coefficient (Wildman–Crippen LogP) is 4.47. The van der Waals surface area contributed by atoms with E-state index in [1.54, 1.807) is 24.3 Å². The highest BCUT2D eigenvalue weighted by atomic mass is 35.5. The molecule has 1 aromatic heterocycles. The number of alkyl halides is 3. The zero-order valence-corrected chi connectivity index (χ0v) is 11.7. The maximum atomic E-state index is 13.1. The van der Waals surface area contributed by atoms with E-state index in [0.29, 0.717) is 10.9 Å². The van der Waals surface area contributed by atoms with Crippen LogP contribution in [-0.4, -0.2) is 16.0 Å². The van der Waals surface area contributed by atoms with Gasteiger partial charge in [0.05, 0.1) is 21.7 Å². The van der Waals surface area contributed by atoms with Crippen LogP contribution in [0.25, 0.3) is 10.9 Å². The number of H-pyrrole nitrogens is 1. The molecule has 1 N–H and O–H groups in total. The Kier molecular flexibility index (Phi) is 3.41. The number of fused-ring (bicyclic) bond motifs is 1. The van der Waals surface area contributed by atoms with Crippen molar-refractivity contribution < 1.29 is 18.0 Å². The SMILES string of the molecule is O=C(c1c(Cl)cccc1C(F)(F)F)c1n[nH]c2ccccc12. The molecule has 0 spiro atoms. The summed E-state index contributed by atoms with van der Waals surface area (Å²) in [6.07, 6.45) is -4.68. The molecule has 3 aromatic rings. The van der Waals surface area contributed by atoms with Crippen molar-refractivity contribution in [3.63, 3.8) is 0 Å². The van der Waals surface area contributed by atoms with Crippen LogP contribution in [-0.2, 0) is 6.18 Å². The molecule has 2 aromatic carbocycles. The number of hydrogen-bond acceptors (Lipinski definition) is 2. The molecule has 22 heavy (non-hydrogen) atoms. The van der Waals surface area contributed by atoms with Crippen molar-refractivity contribution in [2.75, 3.05) is 0 Å². The molecule has 0 fully saturated rings. The minimum absolute atomic E-state index is 0.0887. The summed E-state index contributed by atoms with van der Waals surface area (Å²) >= 11 is 5.84. The fourth-order valence-corrected chi connectivity index (χ4v) is 2.51. The first-order valence-corrected chi connectivity index (χ1v) is 6.61. The smallest absolute Gasteiger partial charge is 0.287 e. The lowest BCUT2D eigenvalue weighted by atomic mass is 9.99. The average molecular weight is 325 g/mol. The van der Waals surface area contributed by atoms with Gasteiger partial charge in [-0.3, -0.25) is 9.89 Å².